The molecule has 10 rings (SSSR count). The van der Waals surface area contributed by atoms with Gasteiger partial charge in [-0.3, -0.25) is 4.98 Å². The zero-order valence-corrected chi connectivity index (χ0v) is 28.1. The Morgan fingerprint density at radius 3 is 1.60 bits per heavy atom. The molecule has 7 aromatic carbocycles. The predicted octanol–water partition coefficient (Wildman–Crippen LogP) is 12.6. The van der Waals surface area contributed by atoms with E-state index in [1.165, 1.54) is 88.5 Å². The van der Waals surface area contributed by atoms with Gasteiger partial charge in [0.1, 0.15) is 0 Å². The number of hydrogen-bond donors (Lipinski definition) is 0. The second-order valence-corrected chi connectivity index (χ2v) is 14.0. The van der Waals surface area contributed by atoms with E-state index in [2.05, 4.69) is 181 Å². The number of nitrogens with zero attached hydrogens (tertiary/aromatic N) is 2. The van der Waals surface area contributed by atoms with Gasteiger partial charge in [0.2, 0.25) is 0 Å². The largest absolute Gasteiger partial charge is 0.309 e. The molecule has 0 unspecified atom stereocenters. The summed E-state index contributed by atoms with van der Waals surface area (Å²) in [7, 11) is 0. The molecule has 0 bridgehead atoms. The fraction of sp³-hybridized carbons (Fsp3) is 0.0625. The molecule has 0 radical (unpaired) electrons. The van der Waals surface area contributed by atoms with Crippen molar-refractivity contribution in [3.05, 3.63) is 181 Å². The lowest BCUT2D eigenvalue weighted by Gasteiger charge is -2.22. The van der Waals surface area contributed by atoms with Gasteiger partial charge in [-0.2, -0.15) is 0 Å². The molecule has 1 aliphatic carbocycles. The van der Waals surface area contributed by atoms with Crippen LogP contribution in [0, 0.1) is 0 Å². The normalized spacial score (nSPS) is 13.2. The van der Waals surface area contributed by atoms with Crippen molar-refractivity contribution in [2.24, 2.45) is 0 Å². The van der Waals surface area contributed by atoms with Crippen molar-refractivity contribution < 1.29 is 0 Å². The Balaban J connectivity index is 0.970. The summed E-state index contributed by atoms with van der Waals surface area (Å²) in [6.07, 6.45) is 3.81. The van der Waals surface area contributed by atoms with E-state index in [-0.39, 0.29) is 5.41 Å². The maximum absolute atomic E-state index is 4.30. The first kappa shape index (κ1) is 28.7. The topological polar surface area (TPSA) is 17.8 Å². The molecular formula is C48H34N2. The Morgan fingerprint density at radius 1 is 0.440 bits per heavy atom. The molecule has 0 saturated carbocycles. The molecule has 0 spiro atoms. The van der Waals surface area contributed by atoms with Crippen molar-refractivity contribution in [2.75, 3.05) is 0 Å². The van der Waals surface area contributed by atoms with E-state index in [0.29, 0.717) is 0 Å². The molecule has 0 amide bonds. The minimum absolute atomic E-state index is 0.115. The van der Waals surface area contributed by atoms with Gasteiger partial charge in [0.25, 0.3) is 0 Å². The molecule has 1 aliphatic rings. The van der Waals surface area contributed by atoms with Crippen LogP contribution < -0.4 is 0 Å². The number of hydrogen-bond acceptors (Lipinski definition) is 1. The van der Waals surface area contributed by atoms with E-state index < -0.39 is 0 Å². The minimum Gasteiger partial charge on any atom is -0.309 e. The van der Waals surface area contributed by atoms with Crippen LogP contribution in [0.1, 0.15) is 25.0 Å². The molecule has 2 heteroatoms. The molecule has 2 heterocycles. The predicted molar refractivity (Wildman–Crippen MR) is 210 cm³/mol. The third-order valence-corrected chi connectivity index (χ3v) is 10.9. The Bertz CT molecular complexity index is 2710. The van der Waals surface area contributed by atoms with E-state index in [1.807, 2.05) is 12.4 Å². The Kier molecular flexibility index (Phi) is 6.25. The highest BCUT2D eigenvalue weighted by Gasteiger charge is 2.36. The molecule has 2 nitrogen and oxygen atoms in total. The first-order chi connectivity index (χ1) is 24.5. The second kappa shape index (κ2) is 10.9. The first-order valence-electron chi connectivity index (χ1n) is 17.4. The molecule has 0 aliphatic heterocycles. The van der Waals surface area contributed by atoms with E-state index >= 15 is 0 Å². The van der Waals surface area contributed by atoms with Gasteiger partial charge in [-0.15, -0.1) is 0 Å². The summed E-state index contributed by atoms with van der Waals surface area (Å²) in [6, 6.07) is 58.0. The van der Waals surface area contributed by atoms with Gasteiger partial charge in [-0.05, 0) is 103 Å². The average Bonchev–Trinajstić information content (AvgIpc) is 3.63. The van der Waals surface area contributed by atoms with Crippen molar-refractivity contribution in [3.8, 4) is 50.2 Å². The second-order valence-electron chi connectivity index (χ2n) is 14.0. The minimum atomic E-state index is -0.115. The molecule has 236 valence electrons. The van der Waals surface area contributed by atoms with Gasteiger partial charge in [-0.1, -0.05) is 129 Å². The summed E-state index contributed by atoms with van der Waals surface area (Å²) >= 11 is 0. The molecule has 2 aromatic heterocycles. The lowest BCUT2D eigenvalue weighted by molar-refractivity contribution is 0.661. The number of benzene rings is 7. The molecular weight excluding hydrogens is 605 g/mol. The molecule has 0 fully saturated rings. The van der Waals surface area contributed by atoms with Gasteiger partial charge >= 0.3 is 0 Å². The lowest BCUT2D eigenvalue weighted by atomic mass is 9.81. The standard InChI is InChI=1S/C48H34N2/c1-48(2)44-28-34(31-14-16-33(17-15-31)38-11-7-8-36-30-49-27-26-39(36)38)20-24-40(44)41-25-21-35(29-45(41)48)32-18-22-37(23-19-32)50-46-12-5-3-9-42(46)43-10-4-6-13-47(43)50/h3-30H,1-2H3. The lowest BCUT2D eigenvalue weighted by Crippen LogP contribution is -2.15. The Hall–Kier alpha value is -6.25. The molecule has 0 atom stereocenters. The Morgan fingerprint density at radius 2 is 0.980 bits per heavy atom. The molecule has 0 saturated heterocycles. The number of pyridine rings is 1. The quantitative estimate of drug-likeness (QED) is 0.188. The van der Waals surface area contributed by atoms with Crippen molar-refractivity contribution in [1.29, 1.82) is 0 Å². The number of aromatic nitrogens is 2. The highest BCUT2D eigenvalue weighted by atomic mass is 15.0. The van der Waals surface area contributed by atoms with Crippen LogP contribution in [0.4, 0.5) is 0 Å². The van der Waals surface area contributed by atoms with E-state index in [0.717, 1.165) is 5.39 Å². The van der Waals surface area contributed by atoms with Crippen molar-refractivity contribution in [2.45, 2.75) is 19.3 Å². The summed E-state index contributed by atoms with van der Waals surface area (Å²) in [4.78, 5) is 4.30. The van der Waals surface area contributed by atoms with Crippen LogP contribution >= 0.6 is 0 Å². The maximum Gasteiger partial charge on any atom is 0.0541 e. The molecule has 9 aromatic rings. The summed E-state index contributed by atoms with van der Waals surface area (Å²) in [5.41, 5.74) is 16.4. The van der Waals surface area contributed by atoms with Gasteiger partial charge in [0.15, 0.2) is 0 Å². The third kappa shape index (κ3) is 4.32. The van der Waals surface area contributed by atoms with Crippen LogP contribution in [0.3, 0.4) is 0 Å². The van der Waals surface area contributed by atoms with Crippen LogP contribution in [0.15, 0.2) is 170 Å². The van der Waals surface area contributed by atoms with Crippen LogP contribution in [0.25, 0.3) is 82.8 Å². The SMILES string of the molecule is CC1(C)c2cc(-c3ccc(-c4cccc5cnccc45)cc3)ccc2-c2ccc(-c3ccc(-n4c5ccccc5c5ccccc54)cc3)cc21. The molecule has 0 N–H and O–H groups in total. The first-order valence-corrected chi connectivity index (χ1v) is 17.4. The number of fused-ring (bicyclic) bond motifs is 7. The number of para-hydroxylation sites is 2. The summed E-state index contributed by atoms with van der Waals surface area (Å²) in [6.45, 7) is 4.74. The van der Waals surface area contributed by atoms with Gasteiger partial charge in [0.05, 0.1) is 11.0 Å². The van der Waals surface area contributed by atoms with Gasteiger partial charge in [-0.25, -0.2) is 0 Å². The van der Waals surface area contributed by atoms with Crippen molar-refractivity contribution in [3.63, 3.8) is 0 Å². The van der Waals surface area contributed by atoms with E-state index in [1.54, 1.807) is 0 Å². The van der Waals surface area contributed by atoms with Gasteiger partial charge < -0.3 is 4.57 Å². The van der Waals surface area contributed by atoms with Crippen molar-refractivity contribution >= 4 is 32.6 Å². The zero-order valence-electron chi connectivity index (χ0n) is 28.1. The van der Waals surface area contributed by atoms with Crippen LogP contribution in [0.2, 0.25) is 0 Å². The van der Waals surface area contributed by atoms with Crippen LogP contribution in [-0.2, 0) is 5.41 Å². The van der Waals surface area contributed by atoms with E-state index in [9.17, 15) is 0 Å². The highest BCUT2D eigenvalue weighted by molar-refractivity contribution is 6.09. The fourth-order valence-corrected chi connectivity index (χ4v) is 8.32. The summed E-state index contributed by atoms with van der Waals surface area (Å²) in [5, 5.41) is 4.96. The fourth-order valence-electron chi connectivity index (χ4n) is 8.32. The monoisotopic (exact) mass is 638 g/mol. The highest BCUT2D eigenvalue weighted by Crippen LogP contribution is 2.50. The Labute approximate surface area is 291 Å². The smallest absolute Gasteiger partial charge is 0.0541 e. The van der Waals surface area contributed by atoms with Gasteiger partial charge in [0, 0.05) is 39.7 Å². The average molecular weight is 639 g/mol. The van der Waals surface area contributed by atoms with E-state index in [4.69, 9.17) is 0 Å². The third-order valence-electron chi connectivity index (χ3n) is 10.9. The van der Waals surface area contributed by atoms with Crippen LogP contribution in [-0.4, -0.2) is 9.55 Å². The van der Waals surface area contributed by atoms with Crippen molar-refractivity contribution in [1.82, 2.24) is 9.55 Å². The van der Waals surface area contributed by atoms with Crippen LogP contribution in [0.5, 0.6) is 0 Å². The molecule has 50 heavy (non-hydrogen) atoms. The summed E-state index contributed by atoms with van der Waals surface area (Å²) < 4.78 is 2.38. The zero-order chi connectivity index (χ0) is 33.4. The summed E-state index contributed by atoms with van der Waals surface area (Å²) in [5.74, 6) is 0. The number of rotatable bonds is 4. The maximum atomic E-state index is 4.30.